The third kappa shape index (κ3) is 59.7. The molecule has 3 aliphatic rings. The molecule has 4 rings (SSSR count). The fourth-order valence-corrected chi connectivity index (χ4v) is 12.7. The maximum Gasteiger partial charge on any atom is 0.136 e. The monoisotopic (exact) mass is 1430 g/mol. The summed E-state index contributed by atoms with van der Waals surface area (Å²) < 4.78 is 12.1. The van der Waals surface area contributed by atoms with E-state index in [0.29, 0.717) is 25.5 Å². The fraction of sp³-hybridized carbons (Fsp3) is 0.899. The van der Waals surface area contributed by atoms with Crippen molar-refractivity contribution < 1.29 is 54.6 Å². The molecule has 3 heterocycles. The standard InChI is InChI=1S/C15H32N2.C14H20Cl4N2.C12H30N2.C11H28N2.C9H19N2.C8H20N.C6H14.C4H12N/c1-16(12-6-7-13-16)10-4-3-5-11-17(2)14-8-9-15-17;1-19(2,3)5-6-20(4)7-9-10(8-20)12(16)14(18)13(17)11(9)15;1-13(2,3)11-9-7-8-10-12-14(4,5)6;1-12(2,3)10-8-7-9-11-13(4,5)6;1-5-8-11(3,4)9-6-7-10-2;1-5-9(6-2,7-3)8-4;1-5-6(2,3)4;1-5(2,3)4/h3-15H2,1-2H3;5-8H2,1-4H3;7-12H2,1-6H3;7-11H2,1-6H3;10H,6-7,9H2,1-4H3;5-8H2,1-4H3;5H2,1-4H3;1-4H3/q4*+2;2*+1;;+1/p+1. The number of hydrogen-bond donors (Lipinski definition) is 1. The summed E-state index contributed by atoms with van der Waals surface area (Å²) in [5.41, 5.74) is 2.64. The molecule has 95 heavy (non-hydrogen) atoms. The molecule has 1 aromatic rings. The van der Waals surface area contributed by atoms with E-state index in [-0.39, 0.29) is 0 Å². The molecule has 0 amide bonds. The molecular formula is C79H176Cl4N12+12. The van der Waals surface area contributed by atoms with Gasteiger partial charge >= 0.3 is 0 Å². The van der Waals surface area contributed by atoms with Crippen LogP contribution in [0.1, 0.15) is 176 Å². The average molecular weight is 1440 g/mol. The molecule has 568 valence electrons. The lowest BCUT2D eigenvalue weighted by Gasteiger charge is -2.34. The van der Waals surface area contributed by atoms with Crippen LogP contribution in [-0.2, 0) is 13.1 Å². The zero-order valence-electron chi connectivity index (χ0n) is 71.0. The van der Waals surface area contributed by atoms with E-state index in [9.17, 15) is 0 Å². The molecule has 0 atom stereocenters. The van der Waals surface area contributed by atoms with Gasteiger partial charge in [0.1, 0.15) is 32.2 Å². The van der Waals surface area contributed by atoms with Crippen molar-refractivity contribution in [3.05, 3.63) is 31.2 Å². The Morgan fingerprint density at radius 1 is 0.389 bits per heavy atom. The lowest BCUT2D eigenvalue weighted by atomic mass is 9.94. The first-order valence-corrected chi connectivity index (χ1v) is 39.6. The molecule has 12 nitrogen and oxygen atoms in total. The van der Waals surface area contributed by atoms with E-state index >= 15 is 0 Å². The van der Waals surface area contributed by atoms with Gasteiger partial charge in [-0.15, -0.1) is 0 Å². The number of nitrogens with two attached hydrogens (primary N) is 1. The van der Waals surface area contributed by atoms with Gasteiger partial charge in [0.2, 0.25) is 0 Å². The highest BCUT2D eigenvalue weighted by atomic mass is 35.5. The number of hydrogen-bond acceptors (Lipinski definition) is 0. The maximum absolute atomic E-state index is 6.34. The first-order chi connectivity index (χ1) is 43.0. The Labute approximate surface area is 618 Å². The lowest BCUT2D eigenvalue weighted by molar-refractivity contribution is -0.961. The summed E-state index contributed by atoms with van der Waals surface area (Å²) >= 11 is 25.0. The molecule has 2 N–H and O–H groups in total. The highest BCUT2D eigenvalue weighted by molar-refractivity contribution is 6.52. The van der Waals surface area contributed by atoms with E-state index in [2.05, 4.69) is 249 Å². The van der Waals surface area contributed by atoms with Crippen LogP contribution >= 0.6 is 46.4 Å². The summed E-state index contributed by atoms with van der Waals surface area (Å²) in [6.07, 6.45) is 22.4. The quantitative estimate of drug-likeness (QED) is 0.0260. The van der Waals surface area contributed by atoms with Crippen molar-refractivity contribution in [1.29, 1.82) is 0 Å². The second kappa shape index (κ2) is 48.4. The van der Waals surface area contributed by atoms with Crippen LogP contribution in [0, 0.1) is 17.4 Å². The molecule has 3 aliphatic heterocycles. The van der Waals surface area contributed by atoms with Gasteiger partial charge in [-0.25, -0.2) is 0 Å². The van der Waals surface area contributed by atoms with Gasteiger partial charge < -0.3 is 50.1 Å². The van der Waals surface area contributed by atoms with Crippen molar-refractivity contribution in [1.82, 2.24) is 0 Å². The van der Waals surface area contributed by atoms with Crippen molar-refractivity contribution in [2.45, 2.75) is 178 Å². The Balaban J connectivity index is -0.000000514. The third-order valence-corrected chi connectivity index (χ3v) is 20.9. The second-order valence-corrected chi connectivity index (χ2v) is 39.5. The number of unbranched alkanes of at least 4 members (excludes halogenated alkanes) is 7. The smallest absolute Gasteiger partial charge is 0.136 e. The van der Waals surface area contributed by atoms with Gasteiger partial charge in [0.15, 0.2) is 0 Å². The fourth-order valence-electron chi connectivity index (χ4n) is 11.6. The summed E-state index contributed by atoms with van der Waals surface area (Å²) in [5, 5.41) is 4.07. The van der Waals surface area contributed by atoms with Crippen molar-refractivity contribution in [3.63, 3.8) is 0 Å². The second-order valence-electron chi connectivity index (χ2n) is 38.0. The molecule has 1 aromatic carbocycles. The van der Waals surface area contributed by atoms with Gasteiger partial charge in [-0.3, -0.25) is 4.48 Å². The van der Waals surface area contributed by atoms with E-state index < -0.39 is 0 Å². The predicted octanol–water partition coefficient (Wildman–Crippen LogP) is 14.9. The first kappa shape index (κ1) is 101. The molecule has 0 spiro atoms. The van der Waals surface area contributed by atoms with E-state index in [1.54, 1.807) is 0 Å². The number of quaternary nitrogens is 12. The molecule has 0 bridgehead atoms. The molecule has 16 heteroatoms. The number of rotatable bonds is 30. The van der Waals surface area contributed by atoms with Crippen LogP contribution in [0.4, 0.5) is 0 Å². The van der Waals surface area contributed by atoms with Gasteiger partial charge in [0, 0.05) is 50.2 Å². The van der Waals surface area contributed by atoms with E-state index in [0.717, 1.165) is 79.7 Å². The van der Waals surface area contributed by atoms with Gasteiger partial charge in [-0.1, -0.05) is 80.5 Å². The molecule has 0 saturated carbocycles. The summed E-state index contributed by atoms with van der Waals surface area (Å²) in [4.78, 5) is 0. The number of halogens is 4. The van der Waals surface area contributed by atoms with Crippen molar-refractivity contribution >= 4 is 46.4 Å². The summed E-state index contributed by atoms with van der Waals surface area (Å²) in [6.45, 7) is 45.1. The van der Waals surface area contributed by atoms with Crippen LogP contribution in [0.5, 0.6) is 0 Å². The van der Waals surface area contributed by atoms with Crippen LogP contribution in [-0.4, -0.2) is 343 Å². The van der Waals surface area contributed by atoms with Gasteiger partial charge in [0.25, 0.3) is 0 Å². The van der Waals surface area contributed by atoms with Crippen molar-refractivity contribution in [3.8, 4) is 12.0 Å². The van der Waals surface area contributed by atoms with Crippen molar-refractivity contribution in [2.24, 2.45) is 5.41 Å². The molecular weight excluding hydrogens is 1260 g/mol. The minimum absolute atomic E-state index is 0.372. The minimum Gasteiger partial charge on any atom is -0.349 e. The number of likely N-dealkylation sites (N-methyl/N-ethyl adjacent to an activating group) is 2. The molecule has 0 radical (unpaired) electrons. The Bertz CT molecular complexity index is 2020. The van der Waals surface area contributed by atoms with Crippen LogP contribution in [0.2, 0.25) is 20.1 Å². The summed E-state index contributed by atoms with van der Waals surface area (Å²) in [7, 11) is 55.8. The summed E-state index contributed by atoms with van der Waals surface area (Å²) in [6, 6.07) is 3.15. The van der Waals surface area contributed by atoms with Gasteiger partial charge in [-0.2, -0.15) is 0 Å². The zero-order valence-corrected chi connectivity index (χ0v) is 74.0. The van der Waals surface area contributed by atoms with Gasteiger partial charge in [0.05, 0.1) is 301 Å². The molecule has 0 unspecified atom stereocenters. The molecule has 2 saturated heterocycles. The Hall–Kier alpha value is -0.540. The Kier molecular flexibility index (Phi) is 51.4. The van der Waals surface area contributed by atoms with Gasteiger partial charge in [-0.05, 0) is 103 Å². The topological polar surface area (TPSA) is 16.6 Å². The molecule has 0 aliphatic carbocycles. The minimum atomic E-state index is 0.372. The van der Waals surface area contributed by atoms with E-state index in [1.807, 2.05) is 6.92 Å². The van der Waals surface area contributed by atoms with Crippen LogP contribution < -0.4 is 5.32 Å². The maximum atomic E-state index is 6.34. The number of nitrogens with zero attached hydrogens (tertiary/aromatic N) is 11. The largest absolute Gasteiger partial charge is 0.349 e. The number of likely N-dealkylation sites (tertiary alicyclic amines) is 2. The number of fused-ring (bicyclic) bond motifs is 1. The first-order valence-electron chi connectivity index (χ1n) is 38.1. The van der Waals surface area contributed by atoms with E-state index in [4.69, 9.17) is 46.4 Å². The lowest BCUT2D eigenvalue weighted by Crippen LogP contribution is -2.80. The normalized spacial score (nSPS) is 15.9. The van der Waals surface area contributed by atoms with Crippen LogP contribution in [0.3, 0.4) is 0 Å². The Morgan fingerprint density at radius 3 is 0.895 bits per heavy atom. The van der Waals surface area contributed by atoms with E-state index in [1.165, 1.54) is 214 Å². The predicted molar refractivity (Wildman–Crippen MR) is 430 cm³/mol. The SMILES string of the molecule is CC#C[N+](C)(C)CCC[NH2+]C.CCC(C)(C)C.CC[N+](CC)(CC)CC.C[N+](C)(C)C.C[N+](C)(C)CCCCCC[N+](C)(C)C.C[N+](C)(C)CCCCC[N+](C)(C)C.C[N+](C)(C)CC[N+]1(C)Cc2c(Cl)c(Cl)c(Cl)c(Cl)c2C1.C[N+]1(CCCCC[N+]2(C)CCCC2)CCCC1. The Morgan fingerprint density at radius 2 is 0.663 bits per heavy atom. The van der Waals surface area contributed by atoms with Crippen LogP contribution in [0.15, 0.2) is 0 Å². The molecule has 2 fully saturated rings. The van der Waals surface area contributed by atoms with Crippen molar-refractivity contribution in [2.75, 3.05) is 294 Å². The van der Waals surface area contributed by atoms with Crippen LogP contribution in [0.25, 0.3) is 0 Å². The third-order valence-electron chi connectivity index (χ3n) is 19.0. The highest BCUT2D eigenvalue weighted by Crippen LogP contribution is 2.46. The summed E-state index contributed by atoms with van der Waals surface area (Å²) in [5.74, 6) is 2.95. The molecule has 0 aromatic heterocycles. The zero-order chi connectivity index (χ0) is 75.0. The average Bonchev–Trinajstić information content (AvgIpc) is 1.63. The number of benzene rings is 1. The highest BCUT2D eigenvalue weighted by Gasteiger charge is 2.38.